The van der Waals surface area contributed by atoms with Crippen LogP contribution in [0.2, 0.25) is 20.1 Å². The van der Waals surface area contributed by atoms with E-state index in [1.165, 1.54) is 23.1 Å². The third-order valence-corrected chi connectivity index (χ3v) is 17.7. The van der Waals surface area contributed by atoms with Gasteiger partial charge in [0.2, 0.25) is 0 Å². The minimum absolute atomic E-state index is 0.00104. The first-order valence-electron chi connectivity index (χ1n) is 24.3. The van der Waals surface area contributed by atoms with Gasteiger partial charge in [0.1, 0.15) is 28.6 Å². The number of benzene rings is 4. The second-order valence-electron chi connectivity index (χ2n) is 19.5. The minimum atomic E-state index is -0.956. The molecule has 12 rings (SSSR count). The fourth-order valence-electron chi connectivity index (χ4n) is 10.3. The molecule has 12 nitrogen and oxygen atoms in total. The molecule has 72 heavy (non-hydrogen) atoms. The zero-order valence-corrected chi connectivity index (χ0v) is 43.6. The van der Waals surface area contributed by atoms with Gasteiger partial charge in [-0.05, 0) is 160 Å². The van der Waals surface area contributed by atoms with Crippen molar-refractivity contribution in [1.29, 1.82) is 0 Å². The van der Waals surface area contributed by atoms with Gasteiger partial charge in [0.15, 0.2) is 6.29 Å². The van der Waals surface area contributed by atoms with Crippen molar-refractivity contribution in [3.63, 3.8) is 0 Å². The number of ether oxygens (including phenoxy) is 2. The minimum Gasteiger partial charge on any atom is -0.390 e. The van der Waals surface area contributed by atoms with E-state index in [2.05, 4.69) is 19.1 Å². The van der Waals surface area contributed by atoms with Crippen molar-refractivity contribution in [2.45, 2.75) is 132 Å². The molecule has 0 atom stereocenters. The topological polar surface area (TPSA) is 174 Å². The number of aliphatic hydroxyl groups excluding tert-OH is 1. The van der Waals surface area contributed by atoms with Gasteiger partial charge in [0.05, 0.1) is 78.4 Å². The highest BCUT2D eigenvalue weighted by atomic mass is 35.5. The van der Waals surface area contributed by atoms with Gasteiger partial charge in [-0.1, -0.05) is 81.0 Å². The lowest BCUT2D eigenvalue weighted by Crippen LogP contribution is -2.34. The molecule has 0 spiro atoms. The predicted molar refractivity (Wildman–Crippen MR) is 280 cm³/mol. The van der Waals surface area contributed by atoms with Crippen LogP contribution in [-0.4, -0.2) is 52.9 Å². The SMILES string of the molecule is O=Cc1nsc2ccc(C3(O)CCC(OCc4c(-c5c(Cl)cccc5Cl)noc4C4CC4)CC3)cc12.OCc1nsc2ccc(C3(O)CCC(OCc4c(-c5c(Cl)cccc5Cl)noc4C4CC4)CC3)cc12. The van der Waals surface area contributed by atoms with Crippen LogP contribution in [0.4, 0.5) is 0 Å². The van der Waals surface area contributed by atoms with Crippen molar-refractivity contribution >= 4 is 95.9 Å². The lowest BCUT2D eigenvalue weighted by Gasteiger charge is -2.36. The summed E-state index contributed by atoms with van der Waals surface area (Å²) in [6.07, 6.45) is 10.3. The van der Waals surface area contributed by atoms with E-state index in [4.69, 9.17) is 64.9 Å². The van der Waals surface area contributed by atoms with E-state index >= 15 is 0 Å². The Balaban J connectivity index is 0.000000156. The summed E-state index contributed by atoms with van der Waals surface area (Å²) in [5, 5.41) is 45.0. The highest BCUT2D eigenvalue weighted by molar-refractivity contribution is 7.13. The Hall–Kier alpha value is -4.29. The van der Waals surface area contributed by atoms with Crippen molar-refractivity contribution in [3.05, 3.63) is 138 Å². The number of carbonyl (C=O) groups is 1. The van der Waals surface area contributed by atoms with Crippen molar-refractivity contribution in [3.8, 4) is 22.5 Å². The van der Waals surface area contributed by atoms with Crippen LogP contribution in [0.1, 0.15) is 139 Å². The van der Waals surface area contributed by atoms with Gasteiger partial charge in [0, 0.05) is 44.9 Å². The van der Waals surface area contributed by atoms with Crippen LogP contribution in [0, 0.1) is 0 Å². The maximum absolute atomic E-state index is 11.5. The highest BCUT2D eigenvalue weighted by Crippen LogP contribution is 2.49. The van der Waals surface area contributed by atoms with Crippen LogP contribution in [0.15, 0.2) is 81.8 Å². The molecule has 8 aromatic rings. The summed E-state index contributed by atoms with van der Waals surface area (Å²) in [6, 6.07) is 22.5. The third-order valence-electron chi connectivity index (χ3n) is 14.8. The largest absolute Gasteiger partial charge is 0.390 e. The van der Waals surface area contributed by atoms with Crippen LogP contribution >= 0.6 is 69.5 Å². The zero-order valence-electron chi connectivity index (χ0n) is 38.9. The second-order valence-corrected chi connectivity index (χ2v) is 22.7. The summed E-state index contributed by atoms with van der Waals surface area (Å²) in [4.78, 5) is 11.3. The standard InChI is InChI=1S/C27H26Cl2N2O4S.C27H24Cl2N2O4S/c2*28-20-2-1-3-21(29)24(20)25-19(26(35-30-25)15-4-5-15)14-34-17-8-10-27(33,11-9-17)16-6-7-23-18(12-16)22(13-32)31-36-23/h1-3,6-7,12,15,17,32-33H,4-5,8-11,13-14H2;1-3,6-7,12-13,15,17,33H,4-5,8-11,14H2. The number of rotatable bonds is 14. The van der Waals surface area contributed by atoms with Crippen molar-refractivity contribution in [2.24, 2.45) is 0 Å². The first kappa shape index (κ1) is 49.9. The van der Waals surface area contributed by atoms with Gasteiger partial charge in [-0.3, -0.25) is 4.79 Å². The summed E-state index contributed by atoms with van der Waals surface area (Å²) in [5.74, 6) is 2.45. The van der Waals surface area contributed by atoms with E-state index in [1.54, 1.807) is 24.3 Å². The zero-order chi connectivity index (χ0) is 49.7. The Bertz CT molecular complexity index is 3230. The number of fused-ring (bicyclic) bond motifs is 2. The molecule has 0 saturated heterocycles. The van der Waals surface area contributed by atoms with Crippen LogP contribution < -0.4 is 0 Å². The molecule has 4 aliphatic rings. The quantitative estimate of drug-likeness (QED) is 0.0881. The predicted octanol–water partition coefficient (Wildman–Crippen LogP) is 14.3. The number of aliphatic hydroxyl groups is 3. The fraction of sp³-hybridized carbons (Fsp3) is 0.389. The number of hydrogen-bond donors (Lipinski definition) is 3. The number of halogens is 4. The first-order valence-corrected chi connectivity index (χ1v) is 27.4. The van der Waals surface area contributed by atoms with Gasteiger partial charge in [0.25, 0.3) is 0 Å². The molecule has 4 aliphatic carbocycles. The second kappa shape index (κ2) is 20.8. The highest BCUT2D eigenvalue weighted by Gasteiger charge is 2.39. The molecule has 4 saturated carbocycles. The summed E-state index contributed by atoms with van der Waals surface area (Å²) >= 11 is 28.6. The number of nitrogens with zero attached hydrogens (tertiary/aromatic N) is 4. The van der Waals surface area contributed by atoms with E-state index in [0.29, 0.717) is 118 Å². The van der Waals surface area contributed by atoms with Crippen LogP contribution in [0.5, 0.6) is 0 Å². The molecule has 4 fully saturated rings. The van der Waals surface area contributed by atoms with E-state index < -0.39 is 11.2 Å². The maximum Gasteiger partial charge on any atom is 0.170 e. The molecular formula is C54H50Cl4N4O8S2. The van der Waals surface area contributed by atoms with Gasteiger partial charge in [-0.15, -0.1) is 0 Å². The third kappa shape index (κ3) is 10.0. The van der Waals surface area contributed by atoms with E-state index in [9.17, 15) is 20.1 Å². The first-order chi connectivity index (χ1) is 34.9. The van der Waals surface area contributed by atoms with Gasteiger partial charge in [-0.25, -0.2) is 0 Å². The van der Waals surface area contributed by atoms with Crippen LogP contribution in [0.3, 0.4) is 0 Å². The number of carbonyl (C=O) groups excluding carboxylic acids is 1. The maximum atomic E-state index is 11.5. The number of aromatic nitrogens is 4. The molecule has 3 N–H and O–H groups in total. The Labute approximate surface area is 443 Å². The van der Waals surface area contributed by atoms with E-state index in [0.717, 1.165) is 98.8 Å². The molecule has 0 bridgehead atoms. The molecule has 0 amide bonds. The summed E-state index contributed by atoms with van der Waals surface area (Å²) in [6.45, 7) is 0.608. The number of hydrogen-bond acceptors (Lipinski definition) is 14. The summed E-state index contributed by atoms with van der Waals surface area (Å²) < 4.78 is 34.7. The molecule has 4 aromatic carbocycles. The molecule has 4 aromatic heterocycles. The van der Waals surface area contributed by atoms with Crippen LogP contribution in [-0.2, 0) is 40.5 Å². The monoisotopic (exact) mass is 1090 g/mol. The van der Waals surface area contributed by atoms with Gasteiger partial charge in [-0.2, -0.15) is 8.75 Å². The van der Waals surface area contributed by atoms with Gasteiger partial charge < -0.3 is 33.8 Å². The molecule has 18 heteroatoms. The molecule has 0 radical (unpaired) electrons. The summed E-state index contributed by atoms with van der Waals surface area (Å²) in [5.41, 5.74) is 5.36. The molecular weight excluding hydrogens is 1040 g/mol. The van der Waals surface area contributed by atoms with Crippen LogP contribution in [0.25, 0.3) is 42.7 Å². The smallest absolute Gasteiger partial charge is 0.170 e. The summed E-state index contributed by atoms with van der Waals surface area (Å²) in [7, 11) is 0. The normalized spacial score (nSPS) is 22.3. The number of aldehydes is 1. The van der Waals surface area contributed by atoms with E-state index in [1.807, 2.05) is 48.5 Å². The Morgan fingerprint density at radius 2 is 1.04 bits per heavy atom. The fourth-order valence-corrected chi connectivity index (χ4v) is 12.9. The molecule has 374 valence electrons. The molecule has 0 aliphatic heterocycles. The average molecular weight is 1090 g/mol. The van der Waals surface area contributed by atoms with E-state index in [-0.39, 0.29) is 18.8 Å². The van der Waals surface area contributed by atoms with Crippen molar-refractivity contribution in [1.82, 2.24) is 19.1 Å². The van der Waals surface area contributed by atoms with Crippen molar-refractivity contribution < 1.29 is 38.6 Å². The lowest BCUT2D eigenvalue weighted by atomic mass is 9.78. The molecule has 0 unspecified atom stereocenters. The Kier molecular flexibility index (Phi) is 14.4. The van der Waals surface area contributed by atoms with Gasteiger partial charge >= 0.3 is 0 Å². The average Bonchev–Trinajstić information content (AvgIpc) is 4.24. The Morgan fingerprint density at radius 3 is 1.47 bits per heavy atom. The molecule has 4 heterocycles. The Morgan fingerprint density at radius 1 is 0.611 bits per heavy atom. The lowest BCUT2D eigenvalue weighted by molar-refractivity contribution is -0.0641. The van der Waals surface area contributed by atoms with Crippen molar-refractivity contribution in [2.75, 3.05) is 0 Å².